The summed E-state index contributed by atoms with van der Waals surface area (Å²) in [6, 6.07) is 8.16. The first-order valence-corrected chi connectivity index (χ1v) is 8.79. The average molecular weight is 325 g/mol. The van der Waals surface area contributed by atoms with E-state index in [1.165, 1.54) is 12.8 Å². The van der Waals surface area contributed by atoms with Crippen molar-refractivity contribution in [1.82, 2.24) is 15.5 Å². The fraction of sp³-hybridized carbons (Fsp3) is 0.474. The zero-order valence-electron chi connectivity index (χ0n) is 13.8. The van der Waals surface area contributed by atoms with Gasteiger partial charge in [0.2, 0.25) is 5.91 Å². The zero-order chi connectivity index (χ0) is 16.4. The lowest BCUT2D eigenvalue weighted by atomic mass is 9.86. The Morgan fingerprint density at radius 2 is 2.17 bits per heavy atom. The monoisotopic (exact) mass is 325 g/mol. The maximum atomic E-state index is 12.4. The predicted octanol–water partition coefficient (Wildman–Crippen LogP) is 3.30. The third-order valence-electron chi connectivity index (χ3n) is 5.24. The summed E-state index contributed by atoms with van der Waals surface area (Å²) in [6.07, 6.45) is 10.3. The summed E-state index contributed by atoms with van der Waals surface area (Å²) in [7, 11) is 0. The Labute approximate surface area is 141 Å². The largest absolute Gasteiger partial charge is 0.487 e. The first-order valence-electron chi connectivity index (χ1n) is 8.79. The molecule has 5 heteroatoms. The smallest absolute Gasteiger partial charge is 0.220 e. The molecule has 1 aliphatic heterocycles. The second kappa shape index (κ2) is 6.30. The molecule has 0 radical (unpaired) electrons. The van der Waals surface area contributed by atoms with Crippen LogP contribution in [-0.2, 0) is 11.2 Å². The molecule has 1 aromatic carbocycles. The summed E-state index contributed by atoms with van der Waals surface area (Å²) in [4.78, 5) is 12.4. The van der Waals surface area contributed by atoms with Crippen LogP contribution < -0.4 is 10.1 Å². The van der Waals surface area contributed by atoms with Crippen molar-refractivity contribution < 1.29 is 9.53 Å². The molecule has 1 spiro atoms. The van der Waals surface area contributed by atoms with Gasteiger partial charge in [-0.1, -0.05) is 18.2 Å². The van der Waals surface area contributed by atoms with E-state index in [1.54, 1.807) is 6.20 Å². The van der Waals surface area contributed by atoms with Crippen LogP contribution in [0, 0.1) is 0 Å². The molecule has 5 nitrogen and oxygen atoms in total. The van der Waals surface area contributed by atoms with Gasteiger partial charge in [-0.3, -0.25) is 9.89 Å². The van der Waals surface area contributed by atoms with Gasteiger partial charge < -0.3 is 10.1 Å². The normalized spacial score (nSPS) is 21.2. The lowest BCUT2D eigenvalue weighted by Gasteiger charge is -2.40. The number of nitrogens with one attached hydrogen (secondary N) is 2. The van der Waals surface area contributed by atoms with Crippen molar-refractivity contribution >= 4 is 5.91 Å². The number of para-hydroxylation sites is 1. The fourth-order valence-electron chi connectivity index (χ4n) is 4.01. The zero-order valence-corrected chi connectivity index (χ0v) is 13.8. The Morgan fingerprint density at radius 1 is 1.33 bits per heavy atom. The first-order chi connectivity index (χ1) is 11.7. The van der Waals surface area contributed by atoms with Gasteiger partial charge in [-0.2, -0.15) is 5.10 Å². The van der Waals surface area contributed by atoms with Gasteiger partial charge in [-0.25, -0.2) is 0 Å². The number of carbonyl (C=O) groups is 1. The lowest BCUT2D eigenvalue weighted by molar-refractivity contribution is -0.122. The molecule has 1 aromatic heterocycles. The molecule has 1 aliphatic carbocycles. The number of aromatic amines is 1. The van der Waals surface area contributed by atoms with Crippen LogP contribution in [0.2, 0.25) is 0 Å². The van der Waals surface area contributed by atoms with E-state index in [9.17, 15) is 4.79 Å². The number of amides is 1. The molecule has 2 N–H and O–H groups in total. The highest BCUT2D eigenvalue weighted by molar-refractivity contribution is 5.77. The molecule has 2 aromatic rings. The molecule has 1 amide bonds. The molecule has 0 saturated heterocycles. The third kappa shape index (κ3) is 3.03. The first kappa shape index (κ1) is 15.2. The number of hydrogen-bond acceptors (Lipinski definition) is 3. The minimum absolute atomic E-state index is 0.0462. The van der Waals surface area contributed by atoms with Crippen molar-refractivity contribution in [3.63, 3.8) is 0 Å². The van der Waals surface area contributed by atoms with Crippen molar-refractivity contribution in [1.29, 1.82) is 0 Å². The van der Waals surface area contributed by atoms with Crippen LogP contribution >= 0.6 is 0 Å². The number of benzene rings is 1. The second-order valence-corrected chi connectivity index (χ2v) is 6.96. The summed E-state index contributed by atoms with van der Waals surface area (Å²) in [5, 5.41) is 9.94. The SMILES string of the molecule is O=C(CCc1cn[nH]c1)NC1CC2(CCCC2)Oc2ccccc21. The fourth-order valence-corrected chi connectivity index (χ4v) is 4.01. The van der Waals surface area contributed by atoms with E-state index in [-0.39, 0.29) is 17.6 Å². The predicted molar refractivity (Wildman–Crippen MR) is 90.7 cm³/mol. The Balaban J connectivity index is 1.47. The Kier molecular flexibility index (Phi) is 4.00. The summed E-state index contributed by atoms with van der Waals surface area (Å²) >= 11 is 0. The minimum Gasteiger partial charge on any atom is -0.487 e. The van der Waals surface area contributed by atoms with Gasteiger partial charge in [0.1, 0.15) is 11.4 Å². The molecule has 1 unspecified atom stereocenters. The molecule has 2 heterocycles. The molecular weight excluding hydrogens is 302 g/mol. The quantitative estimate of drug-likeness (QED) is 0.906. The van der Waals surface area contributed by atoms with E-state index in [0.717, 1.165) is 36.1 Å². The molecule has 1 saturated carbocycles. The highest BCUT2D eigenvalue weighted by Crippen LogP contribution is 2.46. The van der Waals surface area contributed by atoms with Gasteiger partial charge in [-0.15, -0.1) is 0 Å². The van der Waals surface area contributed by atoms with Gasteiger partial charge in [0.05, 0.1) is 12.2 Å². The summed E-state index contributed by atoms with van der Waals surface area (Å²) in [6.45, 7) is 0. The molecule has 1 fully saturated rings. The molecular formula is C19H23N3O2. The van der Waals surface area contributed by atoms with Gasteiger partial charge in [0, 0.05) is 24.6 Å². The number of aromatic nitrogens is 2. The van der Waals surface area contributed by atoms with Gasteiger partial charge in [0.15, 0.2) is 0 Å². The number of hydrogen-bond donors (Lipinski definition) is 2. The highest BCUT2D eigenvalue weighted by atomic mass is 16.5. The minimum atomic E-state index is -0.0865. The lowest BCUT2D eigenvalue weighted by Crippen LogP contribution is -2.43. The Morgan fingerprint density at radius 3 is 2.96 bits per heavy atom. The maximum absolute atomic E-state index is 12.4. The van der Waals surface area contributed by atoms with Crippen molar-refractivity contribution in [2.45, 2.75) is 56.6 Å². The number of H-pyrrole nitrogens is 1. The topological polar surface area (TPSA) is 67.0 Å². The number of ether oxygens (including phenoxy) is 1. The number of carbonyl (C=O) groups excluding carboxylic acids is 1. The number of fused-ring (bicyclic) bond motifs is 1. The van der Waals surface area contributed by atoms with Crippen LogP contribution in [0.25, 0.3) is 0 Å². The average Bonchev–Trinajstić information content (AvgIpc) is 3.25. The molecule has 24 heavy (non-hydrogen) atoms. The van der Waals surface area contributed by atoms with Crippen LogP contribution in [0.4, 0.5) is 0 Å². The van der Waals surface area contributed by atoms with Crippen LogP contribution in [-0.4, -0.2) is 21.7 Å². The summed E-state index contributed by atoms with van der Waals surface area (Å²) in [5.41, 5.74) is 2.08. The van der Waals surface area contributed by atoms with Gasteiger partial charge in [0.25, 0.3) is 0 Å². The van der Waals surface area contributed by atoms with Gasteiger partial charge >= 0.3 is 0 Å². The number of aryl methyl sites for hydroxylation is 1. The van der Waals surface area contributed by atoms with Crippen molar-refractivity contribution in [2.75, 3.05) is 0 Å². The third-order valence-corrected chi connectivity index (χ3v) is 5.24. The van der Waals surface area contributed by atoms with Crippen LogP contribution in [0.15, 0.2) is 36.7 Å². The van der Waals surface area contributed by atoms with E-state index >= 15 is 0 Å². The number of rotatable bonds is 4. The van der Waals surface area contributed by atoms with Crippen molar-refractivity contribution in [3.05, 3.63) is 47.8 Å². The summed E-state index contributed by atoms with van der Waals surface area (Å²) in [5.74, 6) is 1.02. The van der Waals surface area contributed by atoms with E-state index in [1.807, 2.05) is 24.4 Å². The maximum Gasteiger partial charge on any atom is 0.220 e. The molecule has 126 valence electrons. The van der Waals surface area contributed by atoms with Crippen LogP contribution in [0.1, 0.15) is 55.7 Å². The highest BCUT2D eigenvalue weighted by Gasteiger charge is 2.43. The van der Waals surface area contributed by atoms with Crippen LogP contribution in [0.5, 0.6) is 5.75 Å². The Bertz CT molecular complexity index is 705. The molecule has 0 bridgehead atoms. The molecule has 4 rings (SSSR count). The molecule has 1 atom stereocenters. The Hall–Kier alpha value is -2.30. The van der Waals surface area contributed by atoms with Crippen molar-refractivity contribution in [3.8, 4) is 5.75 Å². The van der Waals surface area contributed by atoms with Crippen LogP contribution in [0.3, 0.4) is 0 Å². The van der Waals surface area contributed by atoms with E-state index in [4.69, 9.17) is 4.74 Å². The van der Waals surface area contributed by atoms with E-state index in [2.05, 4.69) is 21.6 Å². The standard InChI is InChI=1S/C19H23N3O2/c23-18(8-7-14-12-20-21-13-14)22-16-11-19(9-3-4-10-19)24-17-6-2-1-5-15(16)17/h1-2,5-6,12-13,16H,3-4,7-11H2,(H,20,21)(H,22,23). The number of nitrogens with zero attached hydrogens (tertiary/aromatic N) is 1. The van der Waals surface area contributed by atoms with E-state index < -0.39 is 0 Å². The second-order valence-electron chi connectivity index (χ2n) is 6.96. The van der Waals surface area contributed by atoms with Crippen molar-refractivity contribution in [2.24, 2.45) is 0 Å². The van der Waals surface area contributed by atoms with E-state index in [0.29, 0.717) is 12.8 Å². The summed E-state index contributed by atoms with van der Waals surface area (Å²) < 4.78 is 6.35. The van der Waals surface area contributed by atoms with Gasteiger partial charge in [-0.05, 0) is 43.7 Å². The molecule has 2 aliphatic rings.